The van der Waals surface area contributed by atoms with E-state index in [0.717, 1.165) is 17.8 Å². The number of benzene rings is 2. The second-order valence-corrected chi connectivity index (χ2v) is 5.35. The molecular formula is C17H21N3O. The molecule has 2 aromatic rings. The Labute approximate surface area is 125 Å². The third kappa shape index (κ3) is 4.61. The van der Waals surface area contributed by atoms with E-state index in [9.17, 15) is 4.79 Å². The largest absolute Gasteiger partial charge is 0.381 e. The first-order valence-electron chi connectivity index (χ1n) is 6.91. The molecule has 0 fully saturated rings. The maximum absolute atomic E-state index is 11.0. The van der Waals surface area contributed by atoms with Gasteiger partial charge < -0.3 is 16.0 Å². The lowest BCUT2D eigenvalue weighted by Gasteiger charge is -2.12. The highest BCUT2D eigenvalue weighted by Crippen LogP contribution is 2.13. The molecule has 0 unspecified atom stereocenters. The summed E-state index contributed by atoms with van der Waals surface area (Å²) in [7, 11) is 4.11. The van der Waals surface area contributed by atoms with Crippen molar-refractivity contribution in [2.45, 2.75) is 13.1 Å². The topological polar surface area (TPSA) is 58.4 Å². The summed E-state index contributed by atoms with van der Waals surface area (Å²) in [5.74, 6) is -0.397. The van der Waals surface area contributed by atoms with E-state index in [0.29, 0.717) is 12.1 Å². The molecule has 0 heterocycles. The van der Waals surface area contributed by atoms with Gasteiger partial charge in [-0.3, -0.25) is 4.79 Å². The Morgan fingerprint density at radius 1 is 1.10 bits per heavy atom. The zero-order valence-electron chi connectivity index (χ0n) is 12.5. The van der Waals surface area contributed by atoms with Crippen molar-refractivity contribution in [3.63, 3.8) is 0 Å². The van der Waals surface area contributed by atoms with E-state index in [-0.39, 0.29) is 0 Å². The van der Waals surface area contributed by atoms with E-state index in [1.807, 2.05) is 12.1 Å². The third-order valence-electron chi connectivity index (χ3n) is 3.16. The van der Waals surface area contributed by atoms with Crippen molar-refractivity contribution in [2.75, 3.05) is 19.4 Å². The highest BCUT2D eigenvalue weighted by Gasteiger charge is 2.01. The normalized spacial score (nSPS) is 10.6. The Morgan fingerprint density at radius 2 is 1.81 bits per heavy atom. The van der Waals surface area contributed by atoms with E-state index < -0.39 is 5.91 Å². The van der Waals surface area contributed by atoms with E-state index in [2.05, 4.69) is 48.6 Å². The van der Waals surface area contributed by atoms with Crippen LogP contribution in [0.3, 0.4) is 0 Å². The van der Waals surface area contributed by atoms with Gasteiger partial charge in [-0.25, -0.2) is 0 Å². The molecule has 4 heteroatoms. The molecule has 0 aliphatic carbocycles. The van der Waals surface area contributed by atoms with Crippen LogP contribution in [0.25, 0.3) is 0 Å². The average molecular weight is 283 g/mol. The van der Waals surface area contributed by atoms with Gasteiger partial charge in [-0.2, -0.15) is 0 Å². The molecule has 1 amide bonds. The molecule has 21 heavy (non-hydrogen) atoms. The quantitative estimate of drug-likeness (QED) is 0.856. The first-order chi connectivity index (χ1) is 10.0. The lowest BCUT2D eigenvalue weighted by molar-refractivity contribution is 0.100. The summed E-state index contributed by atoms with van der Waals surface area (Å²) in [4.78, 5) is 13.2. The number of hydrogen-bond donors (Lipinski definition) is 2. The summed E-state index contributed by atoms with van der Waals surface area (Å²) < 4.78 is 0. The molecule has 2 aromatic carbocycles. The molecule has 0 radical (unpaired) electrons. The number of hydrogen-bond acceptors (Lipinski definition) is 3. The number of amides is 1. The van der Waals surface area contributed by atoms with Gasteiger partial charge in [0.1, 0.15) is 0 Å². The van der Waals surface area contributed by atoms with Crippen molar-refractivity contribution < 1.29 is 4.79 Å². The van der Waals surface area contributed by atoms with Gasteiger partial charge >= 0.3 is 0 Å². The summed E-state index contributed by atoms with van der Waals surface area (Å²) >= 11 is 0. The van der Waals surface area contributed by atoms with E-state index in [1.54, 1.807) is 12.1 Å². The van der Waals surface area contributed by atoms with E-state index in [1.165, 1.54) is 5.56 Å². The lowest BCUT2D eigenvalue weighted by atomic mass is 10.1. The van der Waals surface area contributed by atoms with Crippen LogP contribution in [0.4, 0.5) is 5.69 Å². The lowest BCUT2D eigenvalue weighted by Crippen LogP contribution is -2.11. The summed E-state index contributed by atoms with van der Waals surface area (Å²) in [6.07, 6.45) is 0. The molecule has 0 spiro atoms. The van der Waals surface area contributed by atoms with Gasteiger partial charge in [-0.1, -0.05) is 24.3 Å². The number of primary amides is 1. The summed E-state index contributed by atoms with van der Waals surface area (Å²) in [6.45, 7) is 1.63. The fourth-order valence-electron chi connectivity index (χ4n) is 2.14. The van der Waals surface area contributed by atoms with Crippen molar-refractivity contribution in [3.05, 3.63) is 65.2 Å². The molecular weight excluding hydrogens is 262 g/mol. The summed E-state index contributed by atoms with van der Waals surface area (Å²) in [5.41, 5.74) is 9.23. The molecule has 2 rings (SSSR count). The highest BCUT2D eigenvalue weighted by atomic mass is 16.1. The van der Waals surface area contributed by atoms with Gasteiger partial charge in [-0.15, -0.1) is 0 Å². The molecule has 4 nitrogen and oxygen atoms in total. The van der Waals surface area contributed by atoms with Crippen molar-refractivity contribution in [1.29, 1.82) is 0 Å². The maximum atomic E-state index is 11.0. The van der Waals surface area contributed by atoms with Crippen LogP contribution in [0.2, 0.25) is 0 Å². The van der Waals surface area contributed by atoms with Crippen molar-refractivity contribution in [3.8, 4) is 0 Å². The summed E-state index contributed by atoms with van der Waals surface area (Å²) in [5, 5.41) is 3.39. The molecule has 0 atom stereocenters. The van der Waals surface area contributed by atoms with Gasteiger partial charge in [0.2, 0.25) is 5.91 Å². The Kier molecular flexibility index (Phi) is 4.95. The Bertz CT molecular complexity index is 606. The van der Waals surface area contributed by atoms with Crippen LogP contribution < -0.4 is 11.1 Å². The van der Waals surface area contributed by atoms with Crippen molar-refractivity contribution in [2.24, 2.45) is 5.73 Å². The number of anilines is 1. The average Bonchev–Trinajstić information content (AvgIpc) is 2.45. The van der Waals surface area contributed by atoms with Crippen LogP contribution in [0.15, 0.2) is 48.5 Å². The molecule has 0 saturated heterocycles. The minimum absolute atomic E-state index is 0.397. The van der Waals surface area contributed by atoms with Crippen LogP contribution in [-0.4, -0.2) is 24.9 Å². The van der Waals surface area contributed by atoms with Crippen molar-refractivity contribution in [1.82, 2.24) is 4.90 Å². The van der Waals surface area contributed by atoms with Crippen LogP contribution in [0.1, 0.15) is 21.5 Å². The first-order valence-corrected chi connectivity index (χ1v) is 6.91. The molecule has 3 N–H and O–H groups in total. The second kappa shape index (κ2) is 6.90. The third-order valence-corrected chi connectivity index (χ3v) is 3.16. The number of carbonyl (C=O) groups is 1. The van der Waals surface area contributed by atoms with Crippen LogP contribution in [0, 0.1) is 0 Å². The van der Waals surface area contributed by atoms with Gasteiger partial charge in [0.25, 0.3) is 0 Å². The highest BCUT2D eigenvalue weighted by molar-refractivity contribution is 5.92. The SMILES string of the molecule is CN(C)Cc1cccc(NCc2ccc(C(N)=O)cc2)c1. The van der Waals surface area contributed by atoms with Crippen LogP contribution in [0.5, 0.6) is 0 Å². The molecule has 0 bridgehead atoms. The van der Waals surface area contributed by atoms with Gasteiger partial charge in [0, 0.05) is 24.3 Å². The van der Waals surface area contributed by atoms with Gasteiger partial charge in [0.05, 0.1) is 0 Å². The number of rotatable bonds is 6. The number of carbonyl (C=O) groups excluding carboxylic acids is 1. The fraction of sp³-hybridized carbons (Fsp3) is 0.235. The number of nitrogens with two attached hydrogens (primary N) is 1. The fourth-order valence-corrected chi connectivity index (χ4v) is 2.14. The van der Waals surface area contributed by atoms with E-state index >= 15 is 0 Å². The molecule has 0 aliphatic rings. The standard InChI is InChI=1S/C17H21N3O/c1-20(2)12-14-4-3-5-16(10-14)19-11-13-6-8-15(9-7-13)17(18)21/h3-10,19H,11-12H2,1-2H3,(H2,18,21). The summed E-state index contributed by atoms with van der Waals surface area (Å²) in [6, 6.07) is 15.7. The smallest absolute Gasteiger partial charge is 0.248 e. The zero-order chi connectivity index (χ0) is 15.2. The first kappa shape index (κ1) is 15.1. The van der Waals surface area contributed by atoms with Gasteiger partial charge in [0.15, 0.2) is 0 Å². The number of nitrogens with zero attached hydrogens (tertiary/aromatic N) is 1. The zero-order valence-corrected chi connectivity index (χ0v) is 12.5. The molecule has 0 saturated carbocycles. The molecule has 0 aromatic heterocycles. The minimum atomic E-state index is -0.397. The maximum Gasteiger partial charge on any atom is 0.248 e. The van der Waals surface area contributed by atoms with Gasteiger partial charge in [-0.05, 0) is 49.5 Å². The van der Waals surface area contributed by atoms with Crippen LogP contribution >= 0.6 is 0 Å². The minimum Gasteiger partial charge on any atom is -0.381 e. The van der Waals surface area contributed by atoms with E-state index in [4.69, 9.17) is 5.73 Å². The number of nitrogens with one attached hydrogen (secondary N) is 1. The monoisotopic (exact) mass is 283 g/mol. The Morgan fingerprint density at radius 3 is 2.43 bits per heavy atom. The molecule has 0 aliphatic heterocycles. The predicted molar refractivity (Wildman–Crippen MR) is 86.1 cm³/mol. The van der Waals surface area contributed by atoms with Crippen molar-refractivity contribution >= 4 is 11.6 Å². The molecule has 110 valence electrons. The van der Waals surface area contributed by atoms with Crippen LogP contribution in [-0.2, 0) is 13.1 Å². The Balaban J connectivity index is 1.97. The second-order valence-electron chi connectivity index (χ2n) is 5.35. The Hall–Kier alpha value is -2.33. The predicted octanol–water partition coefficient (Wildman–Crippen LogP) is 2.46.